The summed E-state index contributed by atoms with van der Waals surface area (Å²) in [6, 6.07) is 20.0. The maximum absolute atomic E-state index is 13.9. The van der Waals surface area contributed by atoms with Crippen molar-refractivity contribution in [2.45, 2.75) is 97.2 Å². The lowest BCUT2D eigenvalue weighted by Crippen LogP contribution is -2.56. The number of nitrogens with zero attached hydrogens (tertiary/aromatic N) is 1. The molecule has 0 saturated carbocycles. The molecule has 0 bridgehead atoms. The smallest absolute Gasteiger partial charge is 0.408 e. The Morgan fingerprint density at radius 3 is 1.84 bits per heavy atom. The van der Waals surface area contributed by atoms with Crippen molar-refractivity contribution < 1.29 is 43.3 Å². The zero-order valence-electron chi connectivity index (χ0n) is 33.2. The topological polar surface area (TPSA) is 192 Å². The fourth-order valence-electron chi connectivity index (χ4n) is 5.55. The van der Waals surface area contributed by atoms with Gasteiger partial charge in [0.05, 0.1) is 6.54 Å². The van der Waals surface area contributed by atoms with E-state index in [0.717, 1.165) is 11.1 Å². The van der Waals surface area contributed by atoms with Gasteiger partial charge in [-0.2, -0.15) is 0 Å². The van der Waals surface area contributed by atoms with Gasteiger partial charge in [0.2, 0.25) is 23.6 Å². The third-order valence-corrected chi connectivity index (χ3v) is 8.52. The number of alkyl carbamates (subject to hydrolysis) is 1. The Bertz CT molecular complexity index is 1760. The molecular formula is C42H55N5O9. The third-order valence-electron chi connectivity index (χ3n) is 8.52. The van der Waals surface area contributed by atoms with Crippen LogP contribution < -0.4 is 21.3 Å². The van der Waals surface area contributed by atoms with Crippen molar-refractivity contribution >= 4 is 35.7 Å². The average Bonchev–Trinajstić information content (AvgIpc) is 3.14. The molecule has 3 aromatic rings. The van der Waals surface area contributed by atoms with Crippen LogP contribution in [-0.4, -0.2) is 89.1 Å². The number of ether oxygens (including phenoxy) is 2. The van der Waals surface area contributed by atoms with Crippen LogP contribution in [0.4, 0.5) is 4.79 Å². The van der Waals surface area contributed by atoms with Crippen LogP contribution in [0.2, 0.25) is 0 Å². The van der Waals surface area contributed by atoms with Crippen LogP contribution >= 0.6 is 0 Å². The number of carbonyl (C=O) groups excluding carboxylic acids is 6. The Balaban J connectivity index is 1.68. The van der Waals surface area contributed by atoms with Gasteiger partial charge >= 0.3 is 12.1 Å². The molecule has 56 heavy (non-hydrogen) atoms. The minimum Gasteiger partial charge on any atom is -0.508 e. The molecule has 0 radical (unpaired) electrons. The highest BCUT2D eigenvalue weighted by atomic mass is 16.6. The lowest BCUT2D eigenvalue weighted by molar-refractivity contribution is -0.150. The average molecular weight is 774 g/mol. The first-order valence-electron chi connectivity index (χ1n) is 18.6. The molecule has 0 heterocycles. The molecule has 0 aromatic heterocycles. The molecule has 0 aliphatic carbocycles. The molecule has 14 heteroatoms. The Kier molecular flexibility index (Phi) is 16.9. The number of phenolic OH excluding ortho intramolecular Hbond substituents is 1. The quantitative estimate of drug-likeness (QED) is 0.120. The van der Waals surface area contributed by atoms with Crippen LogP contribution in [0.3, 0.4) is 0 Å². The molecule has 3 rings (SSSR count). The molecular weight excluding hydrogens is 718 g/mol. The van der Waals surface area contributed by atoms with E-state index in [2.05, 4.69) is 21.3 Å². The van der Waals surface area contributed by atoms with Gasteiger partial charge in [-0.3, -0.25) is 19.2 Å². The van der Waals surface area contributed by atoms with E-state index < -0.39 is 72.0 Å². The number of rotatable bonds is 18. The van der Waals surface area contributed by atoms with Gasteiger partial charge in [0.25, 0.3) is 0 Å². The van der Waals surface area contributed by atoms with E-state index in [9.17, 15) is 33.9 Å². The largest absolute Gasteiger partial charge is 0.508 e. The zero-order chi connectivity index (χ0) is 41.4. The second-order valence-corrected chi connectivity index (χ2v) is 15.0. The van der Waals surface area contributed by atoms with E-state index in [1.807, 2.05) is 74.5 Å². The zero-order valence-corrected chi connectivity index (χ0v) is 33.2. The van der Waals surface area contributed by atoms with Crippen molar-refractivity contribution in [2.24, 2.45) is 5.92 Å². The van der Waals surface area contributed by atoms with E-state index in [0.29, 0.717) is 12.0 Å². The molecule has 0 spiro atoms. The van der Waals surface area contributed by atoms with Crippen LogP contribution in [0.25, 0.3) is 0 Å². The summed E-state index contributed by atoms with van der Waals surface area (Å²) < 4.78 is 10.9. The third kappa shape index (κ3) is 15.4. The van der Waals surface area contributed by atoms with Gasteiger partial charge in [0.1, 0.15) is 42.1 Å². The predicted octanol–water partition coefficient (Wildman–Crippen LogP) is 3.79. The van der Waals surface area contributed by atoms with E-state index in [-0.39, 0.29) is 31.1 Å². The summed E-state index contributed by atoms with van der Waals surface area (Å²) in [6.07, 6.45) is -0.388. The number of carbonyl (C=O) groups is 6. The monoisotopic (exact) mass is 773 g/mol. The van der Waals surface area contributed by atoms with Crippen molar-refractivity contribution in [3.05, 3.63) is 102 Å². The van der Waals surface area contributed by atoms with Crippen molar-refractivity contribution in [3.8, 4) is 5.75 Å². The summed E-state index contributed by atoms with van der Waals surface area (Å²) in [6.45, 7) is 9.82. The first-order valence-corrected chi connectivity index (χ1v) is 18.6. The molecule has 0 unspecified atom stereocenters. The van der Waals surface area contributed by atoms with Crippen molar-refractivity contribution in [1.82, 2.24) is 26.2 Å². The summed E-state index contributed by atoms with van der Waals surface area (Å²) in [5.41, 5.74) is 1.35. The number of hydrogen-bond acceptors (Lipinski definition) is 9. The SMILES string of the molecule is CC(C)C[C@@H](NC(=O)[C@H](Cc1ccccc1)N(C)C(=O)CNC(=O)[C@@H](C)NC(=O)[C@H](Cc1ccc(O)cc1)NC(=O)OC(C)(C)C)C(=O)OCc1ccccc1. The second kappa shape index (κ2) is 21.2. The second-order valence-electron chi connectivity index (χ2n) is 15.0. The number of likely N-dealkylation sites (N-methyl/N-ethyl adjacent to an activating group) is 1. The van der Waals surface area contributed by atoms with Crippen LogP contribution in [-0.2, 0) is 52.9 Å². The Hall–Kier alpha value is -5.92. The van der Waals surface area contributed by atoms with Gasteiger partial charge in [-0.1, -0.05) is 86.6 Å². The number of hydrogen-bond donors (Lipinski definition) is 5. The Labute approximate surface area is 328 Å². The Morgan fingerprint density at radius 2 is 1.27 bits per heavy atom. The van der Waals surface area contributed by atoms with E-state index in [1.54, 1.807) is 32.9 Å². The van der Waals surface area contributed by atoms with Gasteiger partial charge in [-0.15, -0.1) is 0 Å². The number of benzene rings is 3. The molecule has 0 aliphatic heterocycles. The van der Waals surface area contributed by atoms with Crippen LogP contribution in [0.1, 0.15) is 64.7 Å². The maximum atomic E-state index is 13.9. The highest BCUT2D eigenvalue weighted by molar-refractivity contribution is 5.94. The van der Waals surface area contributed by atoms with Gasteiger partial charge < -0.3 is 40.7 Å². The lowest BCUT2D eigenvalue weighted by atomic mass is 10.0. The lowest BCUT2D eigenvalue weighted by Gasteiger charge is -2.30. The fraction of sp³-hybridized carbons (Fsp3) is 0.429. The minimum absolute atomic E-state index is 0.0244. The summed E-state index contributed by atoms with van der Waals surface area (Å²) in [7, 11) is 1.44. The predicted molar refractivity (Wildman–Crippen MR) is 210 cm³/mol. The Morgan fingerprint density at radius 1 is 0.696 bits per heavy atom. The molecule has 5 N–H and O–H groups in total. The normalized spacial score (nSPS) is 13.3. The molecule has 0 fully saturated rings. The van der Waals surface area contributed by atoms with Gasteiger partial charge in [-0.25, -0.2) is 9.59 Å². The maximum Gasteiger partial charge on any atom is 0.408 e. The van der Waals surface area contributed by atoms with Crippen LogP contribution in [0.5, 0.6) is 5.75 Å². The summed E-state index contributed by atoms with van der Waals surface area (Å²) in [5, 5.41) is 20.1. The summed E-state index contributed by atoms with van der Waals surface area (Å²) in [4.78, 5) is 81.0. The molecule has 3 aromatic carbocycles. The van der Waals surface area contributed by atoms with Crippen molar-refractivity contribution in [1.29, 1.82) is 0 Å². The van der Waals surface area contributed by atoms with Gasteiger partial charge in [-0.05, 0) is 68.9 Å². The standard InChI is InChI=1S/C42H55N5O9/c1-27(2)22-34(40(53)55-26-31-16-12-9-13-17-31)45-39(52)35(24-29-14-10-8-11-15-29)47(7)36(49)25-43-37(50)28(3)44-38(51)33(46-41(54)56-42(4,5)6)23-30-18-20-32(48)21-19-30/h8-21,27-28,33-35,48H,22-26H2,1-7H3,(H,43,50)(H,44,51)(H,45,52)(H,46,54)/t28-,33+,34-,35+/m1/s1. The molecule has 14 nitrogen and oxygen atoms in total. The first-order chi connectivity index (χ1) is 26.4. The van der Waals surface area contributed by atoms with E-state index in [1.165, 1.54) is 31.0 Å². The fourth-order valence-corrected chi connectivity index (χ4v) is 5.55. The first kappa shape index (κ1) is 44.5. The summed E-state index contributed by atoms with van der Waals surface area (Å²) >= 11 is 0. The number of nitrogens with one attached hydrogen (secondary N) is 4. The number of aromatic hydroxyl groups is 1. The van der Waals surface area contributed by atoms with Crippen LogP contribution in [0, 0.1) is 5.92 Å². The highest BCUT2D eigenvalue weighted by Gasteiger charge is 2.33. The number of amides is 5. The van der Waals surface area contributed by atoms with E-state index >= 15 is 0 Å². The molecule has 0 saturated heterocycles. The van der Waals surface area contributed by atoms with Crippen molar-refractivity contribution in [2.75, 3.05) is 13.6 Å². The minimum atomic E-state index is -1.15. The van der Waals surface area contributed by atoms with Gasteiger partial charge in [0.15, 0.2) is 0 Å². The van der Waals surface area contributed by atoms with Gasteiger partial charge in [0, 0.05) is 19.9 Å². The number of esters is 1. The molecule has 302 valence electrons. The molecule has 0 aliphatic rings. The molecule has 4 atom stereocenters. The van der Waals surface area contributed by atoms with E-state index in [4.69, 9.17) is 9.47 Å². The molecule has 5 amide bonds. The van der Waals surface area contributed by atoms with Crippen molar-refractivity contribution in [3.63, 3.8) is 0 Å². The van der Waals surface area contributed by atoms with Crippen LogP contribution in [0.15, 0.2) is 84.9 Å². The highest BCUT2D eigenvalue weighted by Crippen LogP contribution is 2.15. The number of phenols is 1. The summed E-state index contributed by atoms with van der Waals surface area (Å²) in [5.74, 6) is -3.09.